The van der Waals surface area contributed by atoms with E-state index in [1.165, 1.54) is 0 Å². The first-order valence-corrected chi connectivity index (χ1v) is 6.52. The maximum absolute atomic E-state index is 12.1. The van der Waals surface area contributed by atoms with E-state index in [9.17, 15) is 4.79 Å². The molecule has 0 saturated carbocycles. The van der Waals surface area contributed by atoms with Gasteiger partial charge in [-0.15, -0.1) is 0 Å². The highest BCUT2D eigenvalue weighted by atomic mass is 16.2. The lowest BCUT2D eigenvalue weighted by Gasteiger charge is -2.32. The highest BCUT2D eigenvalue weighted by molar-refractivity contribution is 5.96. The van der Waals surface area contributed by atoms with Crippen molar-refractivity contribution in [3.05, 3.63) is 36.5 Å². The molecule has 3 nitrogen and oxygen atoms in total. The van der Waals surface area contributed by atoms with E-state index in [1.54, 1.807) is 12.2 Å². The summed E-state index contributed by atoms with van der Waals surface area (Å²) in [6, 6.07) is 0. The molecule has 1 amide bonds. The van der Waals surface area contributed by atoms with Gasteiger partial charge in [0.25, 0.3) is 5.91 Å². The van der Waals surface area contributed by atoms with Crippen LogP contribution in [0.2, 0.25) is 0 Å². The largest absolute Gasteiger partial charge is 0.336 e. The van der Waals surface area contributed by atoms with Crippen molar-refractivity contribution in [3.8, 4) is 0 Å². The zero-order chi connectivity index (χ0) is 14.1. The zero-order valence-corrected chi connectivity index (χ0v) is 12.2. The number of rotatable bonds is 3. The van der Waals surface area contributed by atoms with Gasteiger partial charge >= 0.3 is 0 Å². The van der Waals surface area contributed by atoms with Gasteiger partial charge in [-0.25, -0.2) is 0 Å². The van der Waals surface area contributed by atoms with E-state index in [2.05, 4.69) is 25.1 Å². The molecule has 0 aromatic carbocycles. The highest BCUT2D eigenvalue weighted by Gasteiger charge is 2.20. The Morgan fingerprint density at radius 1 is 1.17 bits per heavy atom. The van der Waals surface area contributed by atoms with Crippen molar-refractivity contribution in [2.45, 2.75) is 20.8 Å². The molecule has 0 atom stereocenters. The molecule has 0 N–H and O–H groups in total. The van der Waals surface area contributed by atoms with Gasteiger partial charge in [0.2, 0.25) is 0 Å². The van der Waals surface area contributed by atoms with Crippen LogP contribution in [0.25, 0.3) is 0 Å². The molecule has 1 aliphatic rings. The number of likely N-dealkylation sites (N-methyl/N-ethyl adjacent to an activating group) is 1. The fourth-order valence-electron chi connectivity index (χ4n) is 1.67. The highest BCUT2D eigenvalue weighted by Crippen LogP contribution is 2.09. The Kier molecular flexibility index (Phi) is 8.05. The molecule has 0 radical (unpaired) electrons. The molecule has 0 aromatic heterocycles. The Morgan fingerprint density at radius 2 is 1.67 bits per heavy atom. The van der Waals surface area contributed by atoms with Gasteiger partial charge in [-0.05, 0) is 20.0 Å². The molecule has 0 unspecified atom stereocenters. The van der Waals surface area contributed by atoms with Gasteiger partial charge in [-0.3, -0.25) is 4.79 Å². The topological polar surface area (TPSA) is 23.6 Å². The summed E-state index contributed by atoms with van der Waals surface area (Å²) in [5.41, 5.74) is 1.51. The molecule has 1 saturated heterocycles. The maximum Gasteiger partial charge on any atom is 0.253 e. The third-order valence-electron chi connectivity index (χ3n) is 2.66. The van der Waals surface area contributed by atoms with Crippen molar-refractivity contribution in [2.75, 3.05) is 33.2 Å². The van der Waals surface area contributed by atoms with E-state index < -0.39 is 0 Å². The summed E-state index contributed by atoms with van der Waals surface area (Å²) in [6.45, 7) is 16.8. The van der Waals surface area contributed by atoms with Gasteiger partial charge in [0.15, 0.2) is 0 Å². The third-order valence-corrected chi connectivity index (χ3v) is 2.66. The first-order chi connectivity index (χ1) is 8.54. The van der Waals surface area contributed by atoms with E-state index in [0.29, 0.717) is 5.57 Å². The van der Waals surface area contributed by atoms with Crippen molar-refractivity contribution in [2.24, 2.45) is 0 Å². The number of allylic oxidation sites excluding steroid dienone is 2. The van der Waals surface area contributed by atoms with Crippen molar-refractivity contribution in [1.29, 1.82) is 0 Å². The monoisotopic (exact) mass is 250 g/mol. The number of amides is 1. The maximum atomic E-state index is 12.1. The molecular weight excluding hydrogens is 224 g/mol. The van der Waals surface area contributed by atoms with E-state index in [1.807, 2.05) is 25.7 Å². The van der Waals surface area contributed by atoms with Crippen LogP contribution in [0.5, 0.6) is 0 Å². The summed E-state index contributed by atoms with van der Waals surface area (Å²) in [7, 11) is 2.07. The minimum atomic E-state index is 0.0612. The van der Waals surface area contributed by atoms with Gasteiger partial charge in [0.05, 0.1) is 0 Å². The van der Waals surface area contributed by atoms with Crippen LogP contribution in [0.4, 0.5) is 0 Å². The van der Waals surface area contributed by atoms with Crippen LogP contribution < -0.4 is 0 Å². The van der Waals surface area contributed by atoms with Gasteiger partial charge in [-0.2, -0.15) is 0 Å². The van der Waals surface area contributed by atoms with Crippen LogP contribution in [-0.4, -0.2) is 48.9 Å². The smallest absolute Gasteiger partial charge is 0.253 e. The van der Waals surface area contributed by atoms with Gasteiger partial charge < -0.3 is 9.80 Å². The van der Waals surface area contributed by atoms with Crippen molar-refractivity contribution < 1.29 is 4.79 Å². The molecule has 0 bridgehead atoms. The lowest BCUT2D eigenvalue weighted by molar-refractivity contribution is -0.128. The molecule has 18 heavy (non-hydrogen) atoms. The van der Waals surface area contributed by atoms with Crippen LogP contribution in [0.3, 0.4) is 0 Å². The Bertz CT molecular complexity index is 323. The van der Waals surface area contributed by atoms with Crippen molar-refractivity contribution in [3.63, 3.8) is 0 Å². The second-order valence-corrected chi connectivity index (χ2v) is 4.25. The lowest BCUT2D eigenvalue weighted by atomic mass is 10.1. The van der Waals surface area contributed by atoms with Crippen LogP contribution in [0.15, 0.2) is 36.5 Å². The Labute approximate surface area is 111 Å². The fourth-order valence-corrected chi connectivity index (χ4v) is 1.67. The molecule has 0 aromatic rings. The molecule has 102 valence electrons. The predicted molar refractivity (Wildman–Crippen MR) is 78.5 cm³/mol. The van der Waals surface area contributed by atoms with E-state index in [-0.39, 0.29) is 5.91 Å². The van der Waals surface area contributed by atoms with Crippen LogP contribution in [-0.2, 0) is 4.79 Å². The Morgan fingerprint density at radius 3 is 2.06 bits per heavy atom. The SMILES string of the molecule is C=C/C(=C\C(=C)C)C(=O)N1CCN(C)CC1.CC. The van der Waals surface area contributed by atoms with Gasteiger partial charge in [0.1, 0.15) is 0 Å². The van der Waals surface area contributed by atoms with Crippen molar-refractivity contribution in [1.82, 2.24) is 9.80 Å². The number of nitrogens with zero attached hydrogens (tertiary/aromatic N) is 2. The average molecular weight is 250 g/mol. The molecule has 3 heteroatoms. The molecule has 1 rings (SSSR count). The summed E-state index contributed by atoms with van der Waals surface area (Å²) < 4.78 is 0. The molecular formula is C15H26N2O. The summed E-state index contributed by atoms with van der Waals surface area (Å²) in [5.74, 6) is 0.0612. The quantitative estimate of drug-likeness (QED) is 0.567. The van der Waals surface area contributed by atoms with Crippen LogP contribution in [0, 0.1) is 0 Å². The lowest BCUT2D eigenvalue weighted by Crippen LogP contribution is -2.47. The first kappa shape index (κ1) is 16.6. The summed E-state index contributed by atoms with van der Waals surface area (Å²) in [6.07, 6.45) is 3.39. The average Bonchev–Trinajstić information content (AvgIpc) is 2.38. The normalized spacial score (nSPS) is 16.7. The summed E-state index contributed by atoms with van der Waals surface area (Å²) in [4.78, 5) is 16.2. The fraction of sp³-hybridized carbons (Fsp3) is 0.533. The molecule has 0 aliphatic carbocycles. The third kappa shape index (κ3) is 5.32. The minimum Gasteiger partial charge on any atom is -0.336 e. The number of hydrogen-bond donors (Lipinski definition) is 0. The van der Waals surface area contributed by atoms with Crippen molar-refractivity contribution >= 4 is 5.91 Å². The number of hydrogen-bond acceptors (Lipinski definition) is 2. The molecule has 0 spiro atoms. The van der Waals surface area contributed by atoms with E-state index in [0.717, 1.165) is 31.8 Å². The molecule has 1 aliphatic heterocycles. The summed E-state index contributed by atoms with van der Waals surface area (Å²) in [5, 5.41) is 0. The molecule has 1 fully saturated rings. The van der Waals surface area contributed by atoms with E-state index >= 15 is 0 Å². The standard InChI is InChI=1S/C13H20N2O.C2H6/c1-5-12(10-11(2)3)13(16)15-8-6-14(4)7-9-15;1-2/h5,10H,1-2,6-9H2,3-4H3;1-2H3/b12-10+;. The van der Waals surface area contributed by atoms with Gasteiger partial charge in [0, 0.05) is 31.8 Å². The minimum absolute atomic E-state index is 0.0612. The number of carbonyl (C=O) groups is 1. The second-order valence-electron chi connectivity index (χ2n) is 4.25. The first-order valence-electron chi connectivity index (χ1n) is 6.52. The Hall–Kier alpha value is -1.35. The van der Waals surface area contributed by atoms with Crippen LogP contribution in [0.1, 0.15) is 20.8 Å². The zero-order valence-electron chi connectivity index (χ0n) is 12.2. The predicted octanol–water partition coefficient (Wildman–Crippen LogP) is 2.48. The van der Waals surface area contributed by atoms with E-state index in [4.69, 9.17) is 0 Å². The second kappa shape index (κ2) is 8.70. The number of piperazine rings is 1. The van der Waals surface area contributed by atoms with Gasteiger partial charge in [-0.1, -0.05) is 38.7 Å². The summed E-state index contributed by atoms with van der Waals surface area (Å²) >= 11 is 0. The van der Waals surface area contributed by atoms with Crippen LogP contribution >= 0.6 is 0 Å². The molecule has 1 heterocycles. The Balaban J connectivity index is 0.00000137. The number of carbonyl (C=O) groups excluding carboxylic acids is 1.